The molecular weight excluding hydrogens is 362 g/mol. The van der Waals surface area contributed by atoms with Crippen LogP contribution in [0, 0.1) is 0 Å². The average Bonchev–Trinajstić information content (AvgIpc) is 2.34. The first kappa shape index (κ1) is 13.9. The number of halogens is 4. The Labute approximate surface area is 126 Å². The van der Waals surface area contributed by atoms with Crippen molar-refractivity contribution >= 4 is 50.7 Å². The van der Waals surface area contributed by atoms with Crippen molar-refractivity contribution in [1.82, 2.24) is 9.55 Å². The van der Waals surface area contributed by atoms with E-state index >= 15 is 0 Å². The third-order valence-corrected chi connectivity index (χ3v) is 4.27. The molecule has 2 rings (SSSR count). The lowest BCUT2D eigenvalue weighted by Crippen LogP contribution is -2.22. The van der Waals surface area contributed by atoms with E-state index in [1.165, 1.54) is 10.9 Å². The van der Waals surface area contributed by atoms with Gasteiger partial charge < -0.3 is 0 Å². The van der Waals surface area contributed by atoms with Gasteiger partial charge in [0.1, 0.15) is 4.47 Å². The molecule has 1 aromatic heterocycles. The molecule has 0 bridgehead atoms. The normalized spacial score (nSPS) is 10.7. The molecule has 0 aliphatic heterocycles. The second-order valence-corrected chi connectivity index (χ2v) is 5.45. The molecule has 1 aromatic carbocycles. The molecule has 0 saturated carbocycles. The Morgan fingerprint density at radius 2 is 1.83 bits per heavy atom. The van der Waals surface area contributed by atoms with Gasteiger partial charge in [-0.3, -0.25) is 9.36 Å². The van der Waals surface area contributed by atoms with Crippen molar-refractivity contribution in [3.8, 4) is 0 Å². The van der Waals surface area contributed by atoms with E-state index in [0.717, 1.165) is 0 Å². The van der Waals surface area contributed by atoms with Crippen molar-refractivity contribution in [2.75, 3.05) is 0 Å². The molecule has 0 spiro atoms. The summed E-state index contributed by atoms with van der Waals surface area (Å²) in [4.78, 5) is 15.8. The lowest BCUT2D eigenvalue weighted by Gasteiger charge is -2.09. The van der Waals surface area contributed by atoms with E-state index in [1.807, 2.05) is 0 Å². The highest BCUT2D eigenvalue weighted by Gasteiger charge is 2.10. The molecule has 94 valence electrons. The van der Waals surface area contributed by atoms with Crippen LogP contribution in [0.1, 0.15) is 5.56 Å². The van der Waals surface area contributed by atoms with Crippen molar-refractivity contribution < 1.29 is 0 Å². The molecule has 2 aromatic rings. The molecule has 0 saturated heterocycles. The van der Waals surface area contributed by atoms with E-state index in [9.17, 15) is 4.79 Å². The predicted molar refractivity (Wildman–Crippen MR) is 76.8 cm³/mol. The largest absolute Gasteiger partial charge is 0.294 e. The van der Waals surface area contributed by atoms with Crippen LogP contribution in [0.5, 0.6) is 0 Å². The lowest BCUT2D eigenvalue weighted by atomic mass is 10.2. The molecule has 3 nitrogen and oxygen atoms in total. The standard InChI is InChI=1S/C11H6BrCl3N2O/c12-9-10(15)16-5-17(11(9)18)4-6-7(13)2-1-3-8(6)14/h1-3,5H,4H2. The number of hydrogen-bond acceptors (Lipinski definition) is 2. The number of nitrogens with zero attached hydrogens (tertiary/aromatic N) is 2. The SMILES string of the molecule is O=c1c(Br)c(Cl)ncn1Cc1c(Cl)cccc1Cl. The second-order valence-electron chi connectivity index (χ2n) is 3.48. The van der Waals surface area contributed by atoms with Crippen LogP contribution in [0.25, 0.3) is 0 Å². The summed E-state index contributed by atoms with van der Waals surface area (Å²) < 4.78 is 1.60. The van der Waals surface area contributed by atoms with Gasteiger partial charge in [0.2, 0.25) is 0 Å². The zero-order valence-corrected chi connectivity index (χ0v) is 12.7. The molecule has 0 N–H and O–H groups in total. The highest BCUT2D eigenvalue weighted by molar-refractivity contribution is 9.10. The summed E-state index contributed by atoms with van der Waals surface area (Å²) in [5.74, 6) is 0. The van der Waals surface area contributed by atoms with Crippen LogP contribution in [-0.2, 0) is 6.54 Å². The van der Waals surface area contributed by atoms with E-state index < -0.39 is 0 Å². The molecular formula is C11H6BrCl3N2O. The molecule has 0 aliphatic carbocycles. The summed E-state index contributed by atoms with van der Waals surface area (Å²) in [6.45, 7) is 0.236. The molecule has 7 heteroatoms. The van der Waals surface area contributed by atoms with Crippen LogP contribution >= 0.6 is 50.7 Å². The van der Waals surface area contributed by atoms with Gasteiger partial charge in [-0.05, 0) is 28.1 Å². The highest BCUT2D eigenvalue weighted by Crippen LogP contribution is 2.25. The van der Waals surface area contributed by atoms with Crippen molar-refractivity contribution in [3.63, 3.8) is 0 Å². The highest BCUT2D eigenvalue weighted by atomic mass is 79.9. The topological polar surface area (TPSA) is 34.9 Å². The third-order valence-electron chi connectivity index (χ3n) is 2.33. The quantitative estimate of drug-likeness (QED) is 0.751. The van der Waals surface area contributed by atoms with Gasteiger partial charge in [-0.2, -0.15) is 0 Å². The lowest BCUT2D eigenvalue weighted by molar-refractivity contribution is 0.731. The summed E-state index contributed by atoms with van der Waals surface area (Å²) in [6.07, 6.45) is 1.36. The maximum atomic E-state index is 11.9. The van der Waals surface area contributed by atoms with Crippen LogP contribution in [-0.4, -0.2) is 9.55 Å². The number of benzene rings is 1. The number of hydrogen-bond donors (Lipinski definition) is 0. The molecule has 1 heterocycles. The minimum atomic E-state index is -0.286. The average molecular weight is 368 g/mol. The van der Waals surface area contributed by atoms with Crippen LogP contribution in [0.15, 0.2) is 33.8 Å². The minimum Gasteiger partial charge on any atom is -0.294 e. The van der Waals surface area contributed by atoms with Crippen molar-refractivity contribution in [3.05, 3.63) is 60.1 Å². The Bertz CT molecular complexity index is 637. The minimum absolute atomic E-state index is 0.126. The molecule has 0 amide bonds. The van der Waals surface area contributed by atoms with Gasteiger partial charge in [-0.25, -0.2) is 4.98 Å². The van der Waals surface area contributed by atoms with Crippen LogP contribution in [0.2, 0.25) is 15.2 Å². The van der Waals surface area contributed by atoms with Gasteiger partial charge in [-0.1, -0.05) is 40.9 Å². The summed E-state index contributed by atoms with van der Waals surface area (Å²) in [6, 6.07) is 5.17. The predicted octanol–water partition coefficient (Wildman–Crippen LogP) is 4.01. The first-order valence-corrected chi connectivity index (χ1v) is 6.76. The Kier molecular flexibility index (Phi) is 4.33. The van der Waals surface area contributed by atoms with Crippen molar-refractivity contribution in [1.29, 1.82) is 0 Å². The third kappa shape index (κ3) is 2.72. The molecule has 0 fully saturated rings. The van der Waals surface area contributed by atoms with Gasteiger partial charge in [-0.15, -0.1) is 0 Å². The fourth-order valence-corrected chi connectivity index (χ4v) is 2.38. The fourth-order valence-electron chi connectivity index (χ4n) is 1.41. The zero-order valence-electron chi connectivity index (χ0n) is 8.83. The monoisotopic (exact) mass is 366 g/mol. The summed E-state index contributed by atoms with van der Waals surface area (Å²) in [5, 5.41) is 1.13. The van der Waals surface area contributed by atoms with E-state index in [2.05, 4.69) is 20.9 Å². The Hall–Kier alpha value is -0.550. The molecule has 0 atom stereocenters. The number of aromatic nitrogens is 2. The van der Waals surface area contributed by atoms with Gasteiger partial charge >= 0.3 is 0 Å². The molecule has 18 heavy (non-hydrogen) atoms. The van der Waals surface area contributed by atoms with E-state index in [1.54, 1.807) is 18.2 Å². The van der Waals surface area contributed by atoms with Gasteiger partial charge in [0.25, 0.3) is 5.56 Å². The Morgan fingerprint density at radius 3 is 2.44 bits per heavy atom. The second kappa shape index (κ2) is 5.61. The van der Waals surface area contributed by atoms with Crippen LogP contribution < -0.4 is 5.56 Å². The van der Waals surface area contributed by atoms with Crippen molar-refractivity contribution in [2.24, 2.45) is 0 Å². The maximum Gasteiger partial charge on any atom is 0.269 e. The van der Waals surface area contributed by atoms with E-state index in [0.29, 0.717) is 15.6 Å². The number of rotatable bonds is 2. The Morgan fingerprint density at radius 1 is 1.22 bits per heavy atom. The fraction of sp³-hybridized carbons (Fsp3) is 0.0909. The smallest absolute Gasteiger partial charge is 0.269 e. The van der Waals surface area contributed by atoms with Gasteiger partial charge in [0.15, 0.2) is 5.15 Å². The summed E-state index contributed by atoms with van der Waals surface area (Å²) in [5.41, 5.74) is 0.380. The van der Waals surface area contributed by atoms with E-state index in [4.69, 9.17) is 34.8 Å². The molecule has 0 radical (unpaired) electrons. The Balaban J connectivity index is 2.47. The molecule has 0 aliphatic rings. The van der Waals surface area contributed by atoms with Gasteiger partial charge in [0, 0.05) is 15.6 Å². The zero-order chi connectivity index (χ0) is 13.3. The first-order valence-electron chi connectivity index (χ1n) is 4.84. The first-order chi connectivity index (χ1) is 8.50. The van der Waals surface area contributed by atoms with Gasteiger partial charge in [0.05, 0.1) is 12.9 Å². The summed E-state index contributed by atoms with van der Waals surface area (Å²) in [7, 11) is 0. The van der Waals surface area contributed by atoms with Crippen molar-refractivity contribution in [2.45, 2.75) is 6.54 Å². The summed E-state index contributed by atoms with van der Waals surface area (Å²) >= 11 is 20.9. The van der Waals surface area contributed by atoms with Crippen LogP contribution in [0.4, 0.5) is 0 Å². The maximum absolute atomic E-state index is 11.9. The molecule has 0 unspecified atom stereocenters. The van der Waals surface area contributed by atoms with Crippen LogP contribution in [0.3, 0.4) is 0 Å². The van der Waals surface area contributed by atoms with E-state index in [-0.39, 0.29) is 21.7 Å².